The highest BCUT2D eigenvalue weighted by Crippen LogP contribution is 2.64. The normalized spacial score (nSPS) is 27.2. The summed E-state index contributed by atoms with van der Waals surface area (Å²) >= 11 is 7.10. The molecule has 2 aromatic heterocycles. The molecule has 4 fully saturated rings. The van der Waals surface area contributed by atoms with Crippen LogP contribution < -0.4 is 10.6 Å². The highest BCUT2D eigenvalue weighted by Gasteiger charge is 2.58. The van der Waals surface area contributed by atoms with Gasteiger partial charge in [-0.05, 0) is 137 Å². The van der Waals surface area contributed by atoms with E-state index >= 15 is 0 Å². The molecule has 4 saturated carbocycles. The predicted octanol–water partition coefficient (Wildman–Crippen LogP) is 8.42. The molecule has 2 aliphatic heterocycles. The minimum absolute atomic E-state index is 0.144. The van der Waals surface area contributed by atoms with E-state index in [2.05, 4.69) is 20.4 Å². The number of ether oxygens (including phenoxy) is 1. The van der Waals surface area contributed by atoms with Gasteiger partial charge in [0.25, 0.3) is 11.8 Å². The average molecular weight is 892 g/mol. The summed E-state index contributed by atoms with van der Waals surface area (Å²) < 4.78 is 9.47. The maximum absolute atomic E-state index is 13.9. The number of carbonyl (C=O) groups is 3. The zero-order chi connectivity index (χ0) is 44.6. The highest BCUT2D eigenvalue weighted by molar-refractivity contribution is 6.36. The number of anilines is 2. The summed E-state index contributed by atoms with van der Waals surface area (Å²) in [4.78, 5) is 54.5. The van der Waals surface area contributed by atoms with Crippen LogP contribution in [0.2, 0.25) is 5.02 Å². The fraction of sp³-hybridized carbons (Fsp3) is 0.580. The van der Waals surface area contributed by atoms with Crippen molar-refractivity contribution < 1.29 is 24.2 Å². The Morgan fingerprint density at radius 3 is 1.77 bits per heavy atom. The first-order valence-electron chi connectivity index (χ1n) is 23.5. The number of halogens is 1. The summed E-state index contributed by atoms with van der Waals surface area (Å²) in [6, 6.07) is 11.4. The van der Waals surface area contributed by atoms with Crippen LogP contribution in [0.5, 0.6) is 0 Å². The van der Waals surface area contributed by atoms with Crippen molar-refractivity contribution >= 4 is 40.8 Å². The first-order chi connectivity index (χ1) is 30.7. The molecule has 14 heteroatoms. The van der Waals surface area contributed by atoms with Gasteiger partial charge in [0.05, 0.1) is 34.1 Å². The number of imidazole rings is 2. The number of fused-ring (bicyclic) bond motifs is 6. The molecule has 4 aliphatic carbocycles. The standard InChI is InChI=1S/C50H63ClN8O5/c1-32-33(7-5-9-35(32)54-44(60)42-52-37-28-59(24-12-39(37)56(42)2)26-22-48-17-19-50(30-48,20-18-48)46(62)63)34-8-6-10-36(41(34)51)55-45(61)43-53-38-27-58(23-11-40(38)57(43)3)25-21-47-13-15-49(29-47,16-14-47)31-64-4/h5-10H,11-31H2,1-4H3,(H,54,60)(H,55,61)(H,62,63). The zero-order valence-corrected chi connectivity index (χ0v) is 38.7. The second-order valence-electron chi connectivity index (χ2n) is 20.8. The number of hydrogen-bond acceptors (Lipinski definition) is 8. The molecule has 4 bridgehead atoms. The molecule has 4 aromatic rings. The minimum atomic E-state index is -0.617. The molecule has 10 rings (SSSR count). The first-order valence-corrected chi connectivity index (χ1v) is 23.9. The Hall–Kier alpha value is -4.56. The summed E-state index contributed by atoms with van der Waals surface area (Å²) in [6.07, 6.45) is 14.8. The third-order valence-corrected chi connectivity index (χ3v) is 17.5. The number of amides is 2. The number of methoxy groups -OCH3 is 1. The van der Waals surface area contributed by atoms with Gasteiger partial charge in [-0.2, -0.15) is 0 Å². The monoisotopic (exact) mass is 890 g/mol. The van der Waals surface area contributed by atoms with Crippen molar-refractivity contribution in [3.05, 3.63) is 81.4 Å². The molecule has 64 heavy (non-hydrogen) atoms. The lowest BCUT2D eigenvalue weighted by molar-refractivity contribution is -0.148. The summed E-state index contributed by atoms with van der Waals surface area (Å²) in [6.45, 7) is 8.08. The number of carboxylic acid groups (broad SMARTS) is 1. The quantitative estimate of drug-likeness (QED) is 0.114. The molecule has 2 amide bonds. The Bertz CT molecular complexity index is 2510. The Morgan fingerprint density at radius 2 is 1.22 bits per heavy atom. The maximum Gasteiger partial charge on any atom is 0.309 e. The lowest BCUT2D eigenvalue weighted by Gasteiger charge is -2.32. The molecule has 3 N–H and O–H groups in total. The Morgan fingerprint density at radius 1 is 0.719 bits per heavy atom. The molecule has 0 radical (unpaired) electrons. The van der Waals surface area contributed by atoms with Crippen LogP contribution in [0, 0.1) is 28.6 Å². The van der Waals surface area contributed by atoms with Crippen LogP contribution in [0.3, 0.4) is 0 Å². The van der Waals surface area contributed by atoms with E-state index in [4.69, 9.17) is 26.3 Å². The van der Waals surface area contributed by atoms with Crippen LogP contribution in [0.1, 0.15) is 127 Å². The molecule has 6 aliphatic rings. The van der Waals surface area contributed by atoms with E-state index in [1.807, 2.05) is 67.6 Å². The molecule has 340 valence electrons. The molecule has 0 atom stereocenters. The predicted molar refractivity (Wildman–Crippen MR) is 247 cm³/mol. The number of nitrogens with zero attached hydrogens (tertiary/aromatic N) is 6. The van der Waals surface area contributed by atoms with Gasteiger partial charge in [-0.3, -0.25) is 24.2 Å². The minimum Gasteiger partial charge on any atom is -0.481 e. The van der Waals surface area contributed by atoms with Crippen LogP contribution in [-0.4, -0.2) is 91.7 Å². The first kappa shape index (κ1) is 43.3. The van der Waals surface area contributed by atoms with Gasteiger partial charge >= 0.3 is 5.97 Å². The molecule has 0 saturated heterocycles. The lowest BCUT2D eigenvalue weighted by Crippen LogP contribution is -2.34. The molecule has 4 heterocycles. The van der Waals surface area contributed by atoms with Crippen LogP contribution in [0.25, 0.3) is 11.1 Å². The van der Waals surface area contributed by atoms with Crippen molar-refractivity contribution in [3.63, 3.8) is 0 Å². The molecule has 0 unspecified atom stereocenters. The second-order valence-corrected chi connectivity index (χ2v) is 21.1. The van der Waals surface area contributed by atoms with E-state index < -0.39 is 11.4 Å². The largest absolute Gasteiger partial charge is 0.481 e. The lowest BCUT2D eigenvalue weighted by atomic mass is 9.80. The molecule has 13 nitrogen and oxygen atoms in total. The van der Waals surface area contributed by atoms with E-state index in [0.717, 1.165) is 130 Å². The van der Waals surface area contributed by atoms with Crippen LogP contribution in [0.15, 0.2) is 36.4 Å². The number of benzene rings is 2. The van der Waals surface area contributed by atoms with Gasteiger partial charge in [-0.25, -0.2) is 9.97 Å². The van der Waals surface area contributed by atoms with Gasteiger partial charge < -0.3 is 29.6 Å². The number of nitrogens with one attached hydrogen (secondary N) is 2. The summed E-state index contributed by atoms with van der Waals surface area (Å²) in [5.41, 5.74) is 8.14. The zero-order valence-electron chi connectivity index (χ0n) is 38.0. The van der Waals surface area contributed by atoms with Crippen molar-refractivity contribution in [2.45, 2.75) is 110 Å². The average Bonchev–Trinajstić information content (AvgIpc) is 4.15. The van der Waals surface area contributed by atoms with Crippen LogP contribution >= 0.6 is 11.6 Å². The van der Waals surface area contributed by atoms with Gasteiger partial charge in [-0.1, -0.05) is 35.9 Å². The van der Waals surface area contributed by atoms with Gasteiger partial charge in [0.1, 0.15) is 0 Å². The fourth-order valence-corrected chi connectivity index (χ4v) is 13.5. The molecule has 2 aromatic carbocycles. The van der Waals surface area contributed by atoms with Crippen LogP contribution in [-0.2, 0) is 49.6 Å². The van der Waals surface area contributed by atoms with E-state index in [1.165, 1.54) is 38.5 Å². The molecular weight excluding hydrogens is 828 g/mol. The number of aliphatic carboxylic acids is 1. The Labute approximate surface area is 381 Å². The number of carbonyl (C=O) groups excluding carboxylic acids is 2. The van der Waals surface area contributed by atoms with Gasteiger partial charge in [0.2, 0.25) is 0 Å². The summed E-state index contributed by atoms with van der Waals surface area (Å²) in [5, 5.41) is 16.5. The molecular formula is C50H63ClN8O5. The smallest absolute Gasteiger partial charge is 0.309 e. The van der Waals surface area contributed by atoms with E-state index in [0.29, 0.717) is 45.4 Å². The number of rotatable bonds is 14. The van der Waals surface area contributed by atoms with Gasteiger partial charge in [0.15, 0.2) is 11.6 Å². The molecule has 0 spiro atoms. The summed E-state index contributed by atoms with van der Waals surface area (Å²) in [7, 11) is 5.68. The Balaban J connectivity index is 0.776. The Kier molecular flexibility index (Phi) is 11.1. The number of carboxylic acids is 1. The maximum atomic E-state index is 13.9. The van der Waals surface area contributed by atoms with Crippen molar-refractivity contribution in [1.82, 2.24) is 28.9 Å². The van der Waals surface area contributed by atoms with Crippen molar-refractivity contribution in [3.8, 4) is 11.1 Å². The van der Waals surface area contributed by atoms with Gasteiger partial charge in [-0.15, -0.1) is 0 Å². The van der Waals surface area contributed by atoms with E-state index in [9.17, 15) is 19.5 Å². The van der Waals surface area contributed by atoms with E-state index in [1.54, 1.807) is 6.07 Å². The third kappa shape index (κ3) is 7.57. The van der Waals surface area contributed by atoms with E-state index in [-0.39, 0.29) is 17.2 Å². The SMILES string of the molecule is COCC12CCC(CCN3CCc4c(nc(C(=O)Nc5cccc(-c6cccc(NC(=O)c7nc8c(n7C)CCN(CCC79CCC(C(=O)O)(CC7)C9)C8)c6C)c5Cl)n4C)C3)(CC1)C2. The number of hydrogen-bond donors (Lipinski definition) is 3. The fourth-order valence-electron chi connectivity index (χ4n) is 13.3. The topological polar surface area (TPSA) is 147 Å². The summed E-state index contributed by atoms with van der Waals surface area (Å²) in [5.74, 6) is -0.465. The number of aromatic nitrogens is 4. The van der Waals surface area contributed by atoms with Crippen molar-refractivity contribution in [2.75, 3.05) is 50.5 Å². The third-order valence-electron chi connectivity index (χ3n) is 17.1. The van der Waals surface area contributed by atoms with Crippen LogP contribution in [0.4, 0.5) is 11.4 Å². The van der Waals surface area contributed by atoms with Crippen molar-refractivity contribution in [2.24, 2.45) is 35.8 Å². The van der Waals surface area contributed by atoms with Crippen molar-refractivity contribution in [1.29, 1.82) is 0 Å². The van der Waals surface area contributed by atoms with Gasteiger partial charge in [0, 0.05) is 82.9 Å². The second kappa shape index (κ2) is 16.4. The highest BCUT2D eigenvalue weighted by atomic mass is 35.5.